The maximum Gasteiger partial charge on any atom is 0.242 e. The van der Waals surface area contributed by atoms with Gasteiger partial charge in [0.1, 0.15) is 5.75 Å². The molecule has 0 saturated carbocycles. The molecule has 2 N–H and O–H groups in total. The fraction of sp³-hybridized carbons (Fsp3) is 0.611. The number of nitrogens with one attached hydrogen (secondary N) is 2. The number of benzene rings is 1. The molecule has 1 heterocycles. The van der Waals surface area contributed by atoms with Gasteiger partial charge >= 0.3 is 0 Å². The van der Waals surface area contributed by atoms with Crippen LogP contribution in [0.5, 0.6) is 5.75 Å². The molecule has 27 heavy (non-hydrogen) atoms. The number of piperidine rings is 1. The van der Waals surface area contributed by atoms with E-state index >= 15 is 0 Å². The molecular formula is C18H30N4O4S. The summed E-state index contributed by atoms with van der Waals surface area (Å²) in [5.74, 6) is 0.226. The predicted molar refractivity (Wildman–Crippen MR) is 106 cm³/mol. The van der Waals surface area contributed by atoms with Gasteiger partial charge in [-0.05, 0) is 51.6 Å². The first-order valence-electron chi connectivity index (χ1n) is 9.03. The van der Waals surface area contributed by atoms with Crippen LogP contribution in [0.4, 0.5) is 5.69 Å². The van der Waals surface area contributed by atoms with Gasteiger partial charge in [0.25, 0.3) is 0 Å². The largest absolute Gasteiger partial charge is 0.495 e. The van der Waals surface area contributed by atoms with Crippen LogP contribution in [0, 0.1) is 0 Å². The molecule has 1 aliphatic heterocycles. The third-order valence-electron chi connectivity index (χ3n) is 5.00. The Labute approximate surface area is 161 Å². The maximum absolute atomic E-state index is 12.8. The van der Waals surface area contributed by atoms with Crippen LogP contribution >= 0.6 is 0 Å². The Balaban J connectivity index is 2.21. The summed E-state index contributed by atoms with van der Waals surface area (Å²) < 4.78 is 31.2. The lowest BCUT2D eigenvalue weighted by molar-refractivity contribution is -0.121. The molecule has 1 aromatic carbocycles. The zero-order valence-corrected chi connectivity index (χ0v) is 17.5. The average Bonchev–Trinajstić information content (AvgIpc) is 2.67. The van der Waals surface area contributed by atoms with Crippen LogP contribution in [-0.4, -0.2) is 77.0 Å². The molecule has 1 aliphatic rings. The summed E-state index contributed by atoms with van der Waals surface area (Å²) in [5.41, 5.74) is 0.347. The van der Waals surface area contributed by atoms with Crippen molar-refractivity contribution in [3.63, 3.8) is 0 Å². The molecule has 9 heteroatoms. The first kappa shape index (κ1) is 21.6. The van der Waals surface area contributed by atoms with E-state index in [1.807, 2.05) is 14.0 Å². The number of hydrogen-bond acceptors (Lipinski definition) is 6. The number of likely N-dealkylation sites (tertiary alicyclic amines) is 1. The van der Waals surface area contributed by atoms with E-state index in [-0.39, 0.29) is 16.8 Å². The van der Waals surface area contributed by atoms with Gasteiger partial charge in [0, 0.05) is 26.7 Å². The molecule has 0 aliphatic carbocycles. The Hall–Kier alpha value is -1.68. The van der Waals surface area contributed by atoms with E-state index in [0.717, 1.165) is 30.2 Å². The molecule has 1 saturated heterocycles. The minimum atomic E-state index is -3.60. The molecule has 1 fully saturated rings. The summed E-state index contributed by atoms with van der Waals surface area (Å²) in [6.45, 7) is 3.52. The number of carbonyl (C=O) groups excluding carboxylic acids is 1. The monoisotopic (exact) mass is 398 g/mol. The smallest absolute Gasteiger partial charge is 0.242 e. The number of sulfonamides is 1. The van der Waals surface area contributed by atoms with Crippen molar-refractivity contribution in [2.75, 3.05) is 46.7 Å². The standard InChI is InChI=1S/C18H30N4O4S/c1-13(22-10-6-7-14(12-22)19-2)18(23)20-16-11-15(8-9-17(16)26-5)27(24,25)21(3)4/h8-9,11,13-14,19H,6-7,10,12H2,1-5H3,(H,20,23). The number of hydrogen-bond donors (Lipinski definition) is 2. The summed E-state index contributed by atoms with van der Waals surface area (Å²) in [7, 11) is 2.74. The first-order chi connectivity index (χ1) is 12.7. The zero-order valence-electron chi connectivity index (χ0n) is 16.7. The average molecular weight is 399 g/mol. The normalized spacial score (nSPS) is 19.7. The number of methoxy groups -OCH3 is 1. The molecule has 0 aromatic heterocycles. The summed E-state index contributed by atoms with van der Waals surface area (Å²) in [5, 5.41) is 6.10. The molecule has 2 unspecified atom stereocenters. The number of carbonyl (C=O) groups is 1. The predicted octanol–water partition coefficient (Wildman–Crippen LogP) is 0.956. The van der Waals surface area contributed by atoms with E-state index in [2.05, 4.69) is 15.5 Å². The molecule has 152 valence electrons. The number of likely N-dealkylation sites (N-methyl/N-ethyl adjacent to an activating group) is 1. The van der Waals surface area contributed by atoms with E-state index in [9.17, 15) is 13.2 Å². The van der Waals surface area contributed by atoms with Gasteiger partial charge in [0.05, 0.1) is 23.7 Å². The van der Waals surface area contributed by atoms with Crippen LogP contribution in [0.15, 0.2) is 23.1 Å². The fourth-order valence-electron chi connectivity index (χ4n) is 3.15. The van der Waals surface area contributed by atoms with Crippen LogP contribution in [0.25, 0.3) is 0 Å². The van der Waals surface area contributed by atoms with Crippen molar-refractivity contribution >= 4 is 21.6 Å². The molecule has 0 spiro atoms. The van der Waals surface area contributed by atoms with Crippen molar-refractivity contribution < 1.29 is 17.9 Å². The van der Waals surface area contributed by atoms with Crippen molar-refractivity contribution in [1.82, 2.24) is 14.5 Å². The van der Waals surface area contributed by atoms with Gasteiger partial charge in [-0.15, -0.1) is 0 Å². The van der Waals surface area contributed by atoms with Gasteiger partial charge in [-0.3, -0.25) is 9.69 Å². The third-order valence-corrected chi connectivity index (χ3v) is 6.81. The van der Waals surface area contributed by atoms with Gasteiger partial charge < -0.3 is 15.4 Å². The maximum atomic E-state index is 12.8. The molecule has 1 aromatic rings. The molecule has 1 amide bonds. The van der Waals surface area contributed by atoms with Crippen LogP contribution in [0.3, 0.4) is 0 Å². The Morgan fingerprint density at radius 3 is 2.67 bits per heavy atom. The first-order valence-corrected chi connectivity index (χ1v) is 10.5. The van der Waals surface area contributed by atoms with E-state index < -0.39 is 10.0 Å². The number of ether oxygens (including phenoxy) is 1. The Morgan fingerprint density at radius 1 is 1.37 bits per heavy atom. The summed E-state index contributed by atoms with van der Waals surface area (Å²) >= 11 is 0. The van der Waals surface area contributed by atoms with Crippen molar-refractivity contribution in [2.24, 2.45) is 0 Å². The highest BCUT2D eigenvalue weighted by Gasteiger charge is 2.27. The van der Waals surface area contributed by atoms with Gasteiger partial charge in [0.2, 0.25) is 15.9 Å². The topological polar surface area (TPSA) is 91.0 Å². The highest BCUT2D eigenvalue weighted by atomic mass is 32.2. The van der Waals surface area contributed by atoms with Gasteiger partial charge in [-0.2, -0.15) is 0 Å². The second-order valence-corrected chi connectivity index (χ2v) is 9.09. The minimum absolute atomic E-state index is 0.101. The van der Waals surface area contributed by atoms with Crippen molar-refractivity contribution in [3.05, 3.63) is 18.2 Å². The number of amides is 1. The minimum Gasteiger partial charge on any atom is -0.495 e. The summed E-state index contributed by atoms with van der Waals surface area (Å²) in [4.78, 5) is 15.0. The molecule has 2 rings (SSSR count). The van der Waals surface area contributed by atoms with E-state index in [1.165, 1.54) is 33.3 Å². The number of rotatable bonds is 7. The molecule has 0 radical (unpaired) electrons. The molecule has 2 atom stereocenters. The zero-order chi connectivity index (χ0) is 20.2. The molecule has 8 nitrogen and oxygen atoms in total. The SMILES string of the molecule is CNC1CCCN(C(C)C(=O)Nc2cc(S(=O)(=O)N(C)C)ccc2OC)C1. The van der Waals surface area contributed by atoms with Crippen molar-refractivity contribution in [3.8, 4) is 5.75 Å². The quantitative estimate of drug-likeness (QED) is 0.711. The highest BCUT2D eigenvalue weighted by molar-refractivity contribution is 7.89. The second kappa shape index (κ2) is 9.01. The Morgan fingerprint density at radius 2 is 2.07 bits per heavy atom. The lowest BCUT2D eigenvalue weighted by Gasteiger charge is -2.36. The molecule has 0 bridgehead atoms. The van der Waals surface area contributed by atoms with Crippen LogP contribution in [-0.2, 0) is 14.8 Å². The summed E-state index contributed by atoms with van der Waals surface area (Å²) in [6.07, 6.45) is 2.13. The lowest BCUT2D eigenvalue weighted by atomic mass is 10.0. The Bertz CT molecular complexity index is 767. The van der Waals surface area contributed by atoms with Crippen LogP contribution in [0.2, 0.25) is 0 Å². The van der Waals surface area contributed by atoms with E-state index in [1.54, 1.807) is 6.07 Å². The third kappa shape index (κ3) is 4.98. The van der Waals surface area contributed by atoms with E-state index in [4.69, 9.17) is 4.74 Å². The lowest BCUT2D eigenvalue weighted by Crippen LogP contribution is -2.51. The van der Waals surface area contributed by atoms with Crippen LogP contribution < -0.4 is 15.4 Å². The summed E-state index contributed by atoms with van der Waals surface area (Å²) in [6, 6.07) is 4.49. The van der Waals surface area contributed by atoms with Crippen molar-refractivity contribution in [1.29, 1.82) is 0 Å². The fourth-order valence-corrected chi connectivity index (χ4v) is 4.08. The van der Waals surface area contributed by atoms with Gasteiger partial charge in [0.15, 0.2) is 0 Å². The van der Waals surface area contributed by atoms with E-state index in [0.29, 0.717) is 17.5 Å². The Kier molecular flexibility index (Phi) is 7.21. The molecular weight excluding hydrogens is 368 g/mol. The number of nitrogens with zero attached hydrogens (tertiary/aromatic N) is 2. The van der Waals surface area contributed by atoms with Gasteiger partial charge in [-0.25, -0.2) is 12.7 Å². The van der Waals surface area contributed by atoms with Crippen molar-refractivity contribution in [2.45, 2.75) is 36.7 Å². The highest BCUT2D eigenvalue weighted by Crippen LogP contribution is 2.29. The number of anilines is 1. The van der Waals surface area contributed by atoms with Gasteiger partial charge in [-0.1, -0.05) is 0 Å². The second-order valence-electron chi connectivity index (χ2n) is 6.94. The van der Waals surface area contributed by atoms with Crippen LogP contribution in [0.1, 0.15) is 19.8 Å².